The van der Waals surface area contributed by atoms with Crippen LogP contribution in [0.15, 0.2) is 24.3 Å². The summed E-state index contributed by atoms with van der Waals surface area (Å²) >= 11 is 5.73. The quantitative estimate of drug-likeness (QED) is 0.846. The molecule has 0 saturated carbocycles. The Morgan fingerprint density at radius 3 is 2.67 bits per heavy atom. The van der Waals surface area contributed by atoms with Crippen molar-refractivity contribution < 1.29 is 4.79 Å². The summed E-state index contributed by atoms with van der Waals surface area (Å²) in [6.07, 6.45) is 0.662. The van der Waals surface area contributed by atoms with Gasteiger partial charge < -0.3 is 5.32 Å². The Labute approximate surface area is 93.7 Å². The molecule has 0 aliphatic heterocycles. The van der Waals surface area contributed by atoms with Crippen molar-refractivity contribution >= 4 is 17.5 Å². The number of carbonyl (C=O) groups excluding carboxylic acids is 1. The molecule has 0 atom stereocenters. The molecule has 0 unspecified atom stereocenters. The predicted octanol–water partition coefficient (Wildman–Crippen LogP) is 1.91. The largest absolute Gasteiger partial charge is 0.355 e. The Hall–Kier alpha value is -1.53. The van der Waals surface area contributed by atoms with Gasteiger partial charge in [0.25, 0.3) is 0 Å². The fourth-order valence-corrected chi connectivity index (χ4v) is 1.26. The lowest BCUT2D eigenvalue weighted by molar-refractivity contribution is -0.120. The van der Waals surface area contributed by atoms with Crippen LogP contribution < -0.4 is 5.32 Å². The molecule has 4 heteroatoms. The zero-order chi connectivity index (χ0) is 11.1. The summed E-state index contributed by atoms with van der Waals surface area (Å²) in [6, 6.07) is 9.25. The van der Waals surface area contributed by atoms with E-state index in [0.717, 1.165) is 12.0 Å². The number of benzene rings is 1. The van der Waals surface area contributed by atoms with Gasteiger partial charge in [-0.05, 0) is 24.1 Å². The van der Waals surface area contributed by atoms with Crippen molar-refractivity contribution in [2.24, 2.45) is 0 Å². The molecule has 0 saturated heterocycles. The van der Waals surface area contributed by atoms with E-state index in [1.807, 2.05) is 24.3 Å². The fourth-order valence-electron chi connectivity index (χ4n) is 1.13. The summed E-state index contributed by atoms with van der Waals surface area (Å²) in [4.78, 5) is 10.9. The minimum Gasteiger partial charge on any atom is -0.355 e. The van der Waals surface area contributed by atoms with E-state index < -0.39 is 0 Å². The highest BCUT2D eigenvalue weighted by molar-refractivity contribution is 6.30. The molecule has 0 aliphatic carbocycles. The summed E-state index contributed by atoms with van der Waals surface area (Å²) in [5.41, 5.74) is 1.11. The van der Waals surface area contributed by atoms with Gasteiger partial charge in [-0.15, -0.1) is 0 Å². The summed E-state index contributed by atoms with van der Waals surface area (Å²) in [5, 5.41) is 11.6. The Bertz CT molecular complexity index is 367. The number of rotatable bonds is 4. The molecule has 1 N–H and O–H groups in total. The van der Waals surface area contributed by atoms with Crippen LogP contribution in [0.2, 0.25) is 5.02 Å². The number of nitrogens with zero attached hydrogens (tertiary/aromatic N) is 1. The highest BCUT2D eigenvalue weighted by atomic mass is 35.5. The van der Waals surface area contributed by atoms with E-state index in [0.29, 0.717) is 11.6 Å². The Kier molecular flexibility index (Phi) is 4.65. The minimum atomic E-state index is -0.230. The van der Waals surface area contributed by atoms with Gasteiger partial charge >= 0.3 is 0 Å². The van der Waals surface area contributed by atoms with E-state index in [4.69, 9.17) is 16.9 Å². The highest BCUT2D eigenvalue weighted by Crippen LogP contribution is 2.09. The lowest BCUT2D eigenvalue weighted by Crippen LogP contribution is -2.24. The Morgan fingerprint density at radius 1 is 1.40 bits per heavy atom. The predicted molar refractivity (Wildman–Crippen MR) is 58.4 cm³/mol. The fraction of sp³-hybridized carbons (Fsp3) is 0.273. The van der Waals surface area contributed by atoms with Crippen LogP contribution in [-0.2, 0) is 11.2 Å². The lowest BCUT2D eigenvalue weighted by atomic mass is 10.1. The summed E-state index contributed by atoms with van der Waals surface area (Å²) in [7, 11) is 0. The normalized spacial score (nSPS) is 9.33. The van der Waals surface area contributed by atoms with Crippen molar-refractivity contribution in [2.45, 2.75) is 12.8 Å². The van der Waals surface area contributed by atoms with Gasteiger partial charge in [0, 0.05) is 11.6 Å². The van der Waals surface area contributed by atoms with E-state index in [-0.39, 0.29) is 12.3 Å². The van der Waals surface area contributed by atoms with Gasteiger partial charge in [0.2, 0.25) is 5.91 Å². The molecule has 78 valence electrons. The maximum Gasteiger partial charge on any atom is 0.234 e. The summed E-state index contributed by atoms with van der Waals surface area (Å²) in [6.45, 7) is 0.544. The zero-order valence-corrected chi connectivity index (χ0v) is 8.92. The van der Waals surface area contributed by atoms with Crippen LogP contribution in [0.3, 0.4) is 0 Å². The molecule has 1 aromatic carbocycles. The van der Waals surface area contributed by atoms with E-state index >= 15 is 0 Å². The average Bonchev–Trinajstić information content (AvgIpc) is 2.21. The first-order valence-electron chi connectivity index (χ1n) is 4.60. The van der Waals surface area contributed by atoms with E-state index in [1.165, 1.54) is 0 Å². The molecule has 0 fully saturated rings. The molecule has 0 aromatic heterocycles. The third-order valence-electron chi connectivity index (χ3n) is 1.89. The molecule has 0 aliphatic rings. The third-order valence-corrected chi connectivity index (χ3v) is 2.14. The molecule has 0 radical (unpaired) electrons. The van der Waals surface area contributed by atoms with Crippen LogP contribution in [-0.4, -0.2) is 12.5 Å². The van der Waals surface area contributed by atoms with Crippen molar-refractivity contribution in [2.75, 3.05) is 6.54 Å². The van der Waals surface area contributed by atoms with Crippen LogP contribution in [0.1, 0.15) is 12.0 Å². The Morgan fingerprint density at radius 2 is 2.07 bits per heavy atom. The second-order valence-corrected chi connectivity index (χ2v) is 3.50. The number of nitriles is 1. The summed E-state index contributed by atoms with van der Waals surface area (Å²) in [5.74, 6) is -0.230. The van der Waals surface area contributed by atoms with Crippen molar-refractivity contribution in [3.63, 3.8) is 0 Å². The first kappa shape index (κ1) is 11.5. The van der Waals surface area contributed by atoms with Gasteiger partial charge in [-0.25, -0.2) is 0 Å². The molecule has 3 nitrogen and oxygen atoms in total. The standard InChI is InChI=1S/C11H11ClN2O/c12-10-3-1-9(2-4-10)6-8-14-11(15)5-7-13/h1-4H,5-6,8H2,(H,14,15). The SMILES string of the molecule is N#CCC(=O)NCCc1ccc(Cl)cc1. The maximum absolute atomic E-state index is 10.9. The van der Waals surface area contributed by atoms with Gasteiger partial charge in [-0.1, -0.05) is 23.7 Å². The molecule has 0 heterocycles. The van der Waals surface area contributed by atoms with Gasteiger partial charge in [0.1, 0.15) is 6.42 Å². The van der Waals surface area contributed by atoms with Crippen molar-refractivity contribution in [3.05, 3.63) is 34.9 Å². The van der Waals surface area contributed by atoms with Crippen molar-refractivity contribution in [1.82, 2.24) is 5.32 Å². The second-order valence-electron chi connectivity index (χ2n) is 3.06. The first-order valence-corrected chi connectivity index (χ1v) is 4.98. The van der Waals surface area contributed by atoms with Crippen LogP contribution in [0.5, 0.6) is 0 Å². The smallest absolute Gasteiger partial charge is 0.234 e. The van der Waals surface area contributed by atoms with Gasteiger partial charge in [0.15, 0.2) is 0 Å². The molecule has 1 aromatic rings. The molecule has 0 spiro atoms. The molecule has 1 rings (SSSR count). The van der Waals surface area contributed by atoms with Crippen LogP contribution in [0.25, 0.3) is 0 Å². The van der Waals surface area contributed by atoms with Crippen LogP contribution in [0, 0.1) is 11.3 Å². The molecule has 1 amide bonds. The molecular weight excluding hydrogens is 212 g/mol. The number of hydrogen-bond donors (Lipinski definition) is 1. The van der Waals surface area contributed by atoms with Crippen LogP contribution in [0.4, 0.5) is 0 Å². The molecule has 0 bridgehead atoms. The first-order chi connectivity index (χ1) is 7.22. The van der Waals surface area contributed by atoms with E-state index in [2.05, 4.69) is 5.32 Å². The highest BCUT2D eigenvalue weighted by Gasteiger charge is 1.98. The number of carbonyl (C=O) groups is 1. The zero-order valence-electron chi connectivity index (χ0n) is 8.16. The van der Waals surface area contributed by atoms with E-state index in [9.17, 15) is 4.79 Å². The number of hydrogen-bond acceptors (Lipinski definition) is 2. The second kappa shape index (κ2) is 6.05. The topological polar surface area (TPSA) is 52.9 Å². The monoisotopic (exact) mass is 222 g/mol. The van der Waals surface area contributed by atoms with Crippen molar-refractivity contribution in [3.8, 4) is 6.07 Å². The van der Waals surface area contributed by atoms with Crippen molar-refractivity contribution in [1.29, 1.82) is 5.26 Å². The van der Waals surface area contributed by atoms with E-state index in [1.54, 1.807) is 6.07 Å². The third kappa shape index (κ3) is 4.48. The maximum atomic E-state index is 10.9. The molecular formula is C11H11ClN2O. The van der Waals surface area contributed by atoms with Crippen LogP contribution >= 0.6 is 11.6 Å². The van der Waals surface area contributed by atoms with Gasteiger partial charge in [-0.2, -0.15) is 5.26 Å². The van der Waals surface area contributed by atoms with Gasteiger partial charge in [-0.3, -0.25) is 4.79 Å². The molecule has 15 heavy (non-hydrogen) atoms. The number of amides is 1. The minimum absolute atomic E-state index is 0.0827. The number of nitrogens with one attached hydrogen (secondary N) is 1. The Balaban J connectivity index is 2.29. The average molecular weight is 223 g/mol. The van der Waals surface area contributed by atoms with Gasteiger partial charge in [0.05, 0.1) is 6.07 Å². The lowest BCUT2D eigenvalue weighted by Gasteiger charge is -2.02. The summed E-state index contributed by atoms with van der Waals surface area (Å²) < 4.78 is 0. The number of halogens is 1.